The van der Waals surface area contributed by atoms with Gasteiger partial charge in [-0.05, 0) is 73.7 Å². The number of aromatic nitrogens is 2. The van der Waals surface area contributed by atoms with Crippen LogP contribution in [0.25, 0.3) is 22.4 Å². The van der Waals surface area contributed by atoms with Gasteiger partial charge in [0.1, 0.15) is 5.82 Å². The fraction of sp³-hybridized carbons (Fsp3) is 0.273. The lowest BCUT2D eigenvalue weighted by molar-refractivity contribution is 0.104. The van der Waals surface area contributed by atoms with Crippen LogP contribution in [0.3, 0.4) is 0 Å². The van der Waals surface area contributed by atoms with Crippen molar-refractivity contribution in [2.75, 3.05) is 6.61 Å². The van der Waals surface area contributed by atoms with Crippen LogP contribution in [0, 0.1) is 5.82 Å². The predicted molar refractivity (Wildman–Crippen MR) is 104 cm³/mol. The second kappa shape index (κ2) is 7.84. The van der Waals surface area contributed by atoms with E-state index in [1.807, 2.05) is 12.1 Å². The zero-order valence-electron chi connectivity index (χ0n) is 15.7. The summed E-state index contributed by atoms with van der Waals surface area (Å²) in [7, 11) is 0. The van der Waals surface area contributed by atoms with Crippen molar-refractivity contribution in [2.45, 2.75) is 32.7 Å². The van der Waals surface area contributed by atoms with Crippen LogP contribution < -0.4 is 4.74 Å². The summed E-state index contributed by atoms with van der Waals surface area (Å²) in [4.78, 5) is 16.3. The van der Waals surface area contributed by atoms with Gasteiger partial charge in [-0.3, -0.25) is 4.98 Å². The Kier molecular flexibility index (Phi) is 5.10. The van der Waals surface area contributed by atoms with Crippen LogP contribution in [0.15, 0.2) is 48.8 Å². The van der Waals surface area contributed by atoms with E-state index >= 15 is 0 Å². The molecule has 1 aliphatic rings. The molecule has 4 rings (SSSR count). The molecule has 0 spiro atoms. The molecule has 144 valence electrons. The Labute approximate surface area is 162 Å². The van der Waals surface area contributed by atoms with Gasteiger partial charge in [-0.1, -0.05) is 0 Å². The monoisotopic (exact) mass is 380 g/mol. The first-order valence-electron chi connectivity index (χ1n) is 9.45. The van der Waals surface area contributed by atoms with Crippen molar-refractivity contribution in [3.05, 3.63) is 60.3 Å². The standard InChI is InChI=1S/C22H21FN2O3/c1-2-27-22(26)28-21-18-5-3-4-14-25(18)20(16-6-8-17(23)9-7-16)19(21)15-10-12-24-13-11-15/h6-13H,2-5,14H2,1H3. The molecule has 0 unspecified atom stereocenters. The quantitative estimate of drug-likeness (QED) is 0.582. The second-order valence-electron chi connectivity index (χ2n) is 6.64. The fourth-order valence-electron chi connectivity index (χ4n) is 3.74. The van der Waals surface area contributed by atoms with Gasteiger partial charge in [-0.2, -0.15) is 0 Å². The minimum absolute atomic E-state index is 0.240. The highest BCUT2D eigenvalue weighted by Crippen LogP contribution is 2.46. The third kappa shape index (κ3) is 3.38. The van der Waals surface area contributed by atoms with Crippen LogP contribution in [-0.4, -0.2) is 22.3 Å². The van der Waals surface area contributed by atoms with Crippen LogP contribution in [0.5, 0.6) is 5.75 Å². The molecule has 2 aromatic heterocycles. The number of hydrogen-bond donors (Lipinski definition) is 0. The van der Waals surface area contributed by atoms with Crippen molar-refractivity contribution in [1.29, 1.82) is 0 Å². The maximum absolute atomic E-state index is 13.5. The van der Waals surface area contributed by atoms with Gasteiger partial charge in [-0.15, -0.1) is 0 Å². The fourth-order valence-corrected chi connectivity index (χ4v) is 3.74. The van der Waals surface area contributed by atoms with E-state index in [4.69, 9.17) is 9.47 Å². The minimum atomic E-state index is -0.720. The van der Waals surface area contributed by atoms with Crippen LogP contribution in [0.1, 0.15) is 25.5 Å². The second-order valence-corrected chi connectivity index (χ2v) is 6.64. The first-order valence-corrected chi connectivity index (χ1v) is 9.45. The maximum atomic E-state index is 13.5. The summed E-state index contributed by atoms with van der Waals surface area (Å²) in [5, 5.41) is 0. The van der Waals surface area contributed by atoms with Crippen molar-refractivity contribution in [1.82, 2.24) is 9.55 Å². The molecule has 0 amide bonds. The number of benzene rings is 1. The van der Waals surface area contributed by atoms with Crippen LogP contribution in [0.2, 0.25) is 0 Å². The largest absolute Gasteiger partial charge is 0.513 e. The molecule has 28 heavy (non-hydrogen) atoms. The topological polar surface area (TPSA) is 53.4 Å². The van der Waals surface area contributed by atoms with Crippen molar-refractivity contribution < 1.29 is 18.7 Å². The van der Waals surface area contributed by atoms with E-state index in [1.165, 1.54) is 12.1 Å². The van der Waals surface area contributed by atoms with Gasteiger partial charge in [0.15, 0.2) is 5.75 Å². The van der Waals surface area contributed by atoms with Gasteiger partial charge in [0.05, 0.1) is 23.6 Å². The molecule has 1 aliphatic heterocycles. The van der Waals surface area contributed by atoms with Crippen LogP contribution in [-0.2, 0) is 17.7 Å². The van der Waals surface area contributed by atoms with E-state index in [2.05, 4.69) is 9.55 Å². The molecule has 0 atom stereocenters. The van der Waals surface area contributed by atoms with Gasteiger partial charge < -0.3 is 14.0 Å². The van der Waals surface area contributed by atoms with Crippen molar-refractivity contribution in [3.63, 3.8) is 0 Å². The highest BCUT2D eigenvalue weighted by atomic mass is 19.1. The van der Waals surface area contributed by atoms with E-state index in [-0.39, 0.29) is 12.4 Å². The van der Waals surface area contributed by atoms with Gasteiger partial charge in [0, 0.05) is 18.9 Å². The zero-order valence-corrected chi connectivity index (χ0v) is 15.7. The maximum Gasteiger partial charge on any atom is 0.513 e. The average molecular weight is 380 g/mol. The number of halogens is 1. The molecule has 3 heterocycles. The summed E-state index contributed by atoms with van der Waals surface area (Å²) in [6, 6.07) is 10.2. The smallest absolute Gasteiger partial charge is 0.434 e. The number of fused-ring (bicyclic) bond motifs is 1. The van der Waals surface area contributed by atoms with Gasteiger partial charge >= 0.3 is 6.16 Å². The van der Waals surface area contributed by atoms with E-state index < -0.39 is 6.16 Å². The Morgan fingerprint density at radius 3 is 2.57 bits per heavy atom. The lowest BCUT2D eigenvalue weighted by Gasteiger charge is -2.18. The summed E-state index contributed by atoms with van der Waals surface area (Å²) in [5.41, 5.74) is 4.44. The average Bonchev–Trinajstić information content (AvgIpc) is 3.04. The zero-order chi connectivity index (χ0) is 19.5. The highest BCUT2D eigenvalue weighted by Gasteiger charge is 2.29. The molecule has 0 fully saturated rings. The molecule has 0 radical (unpaired) electrons. The SMILES string of the molecule is CCOC(=O)Oc1c(-c2ccncc2)c(-c2ccc(F)cc2)n2c1CCCC2. The summed E-state index contributed by atoms with van der Waals surface area (Å²) in [6.07, 6.45) is 5.53. The molecule has 0 bridgehead atoms. The van der Waals surface area contributed by atoms with Gasteiger partial charge in [-0.25, -0.2) is 9.18 Å². The third-order valence-corrected chi connectivity index (χ3v) is 4.90. The molecule has 6 heteroatoms. The Hall–Kier alpha value is -3.15. The molecule has 1 aromatic carbocycles. The Bertz CT molecular complexity index is 981. The van der Waals surface area contributed by atoms with Gasteiger partial charge in [0.2, 0.25) is 0 Å². The number of carbonyl (C=O) groups excluding carboxylic acids is 1. The number of pyridine rings is 1. The molecule has 0 saturated heterocycles. The molecule has 0 N–H and O–H groups in total. The molecular formula is C22H21FN2O3. The molecule has 5 nitrogen and oxygen atoms in total. The van der Waals surface area contributed by atoms with E-state index in [0.29, 0.717) is 5.75 Å². The van der Waals surface area contributed by atoms with Crippen LogP contribution in [0.4, 0.5) is 9.18 Å². The highest BCUT2D eigenvalue weighted by molar-refractivity contribution is 5.89. The normalized spacial score (nSPS) is 13.1. The van der Waals surface area contributed by atoms with E-state index in [9.17, 15) is 9.18 Å². The molecule has 0 aliphatic carbocycles. The first kappa shape index (κ1) is 18.2. The van der Waals surface area contributed by atoms with Crippen molar-refractivity contribution in [2.24, 2.45) is 0 Å². The van der Waals surface area contributed by atoms with E-state index in [1.54, 1.807) is 31.5 Å². The third-order valence-electron chi connectivity index (χ3n) is 4.90. The van der Waals surface area contributed by atoms with Gasteiger partial charge in [0.25, 0.3) is 0 Å². The Morgan fingerprint density at radius 1 is 1.11 bits per heavy atom. The Morgan fingerprint density at radius 2 is 1.86 bits per heavy atom. The summed E-state index contributed by atoms with van der Waals surface area (Å²) in [6.45, 7) is 2.79. The number of carbonyl (C=O) groups is 1. The summed E-state index contributed by atoms with van der Waals surface area (Å²) >= 11 is 0. The van der Waals surface area contributed by atoms with Crippen molar-refractivity contribution >= 4 is 6.16 Å². The predicted octanol–water partition coefficient (Wildman–Crippen LogP) is 5.23. The summed E-state index contributed by atoms with van der Waals surface area (Å²) < 4.78 is 26.4. The molecule has 3 aromatic rings. The number of nitrogens with zero attached hydrogens (tertiary/aromatic N) is 2. The number of hydrogen-bond acceptors (Lipinski definition) is 4. The number of ether oxygens (including phenoxy) is 2. The Balaban J connectivity index is 1.97. The van der Waals surface area contributed by atoms with Crippen molar-refractivity contribution in [3.8, 4) is 28.1 Å². The number of rotatable bonds is 4. The molecule has 0 saturated carbocycles. The lowest BCUT2D eigenvalue weighted by atomic mass is 10.0. The molecular weight excluding hydrogens is 359 g/mol. The lowest BCUT2D eigenvalue weighted by Crippen LogP contribution is -2.14. The summed E-state index contributed by atoms with van der Waals surface area (Å²) in [5.74, 6) is 0.228. The van der Waals surface area contributed by atoms with E-state index in [0.717, 1.165) is 53.9 Å². The van der Waals surface area contributed by atoms with Crippen LogP contribution >= 0.6 is 0 Å². The first-order chi connectivity index (χ1) is 13.7. The minimum Gasteiger partial charge on any atom is -0.434 e.